The summed E-state index contributed by atoms with van der Waals surface area (Å²) in [7, 11) is 0. The number of anilines is 12. The van der Waals surface area contributed by atoms with Crippen LogP contribution in [0.1, 0.15) is 42.9 Å². The lowest BCUT2D eigenvalue weighted by Crippen LogP contribution is -2.56. The zero-order chi connectivity index (χ0) is 77.9. The molecule has 0 radical (unpaired) electrons. The van der Waals surface area contributed by atoms with Crippen molar-refractivity contribution < 1.29 is 41.8 Å². The fourth-order valence-electron chi connectivity index (χ4n) is 13.3. The van der Waals surface area contributed by atoms with E-state index in [4.69, 9.17) is 19.5 Å². The van der Waals surface area contributed by atoms with Gasteiger partial charge in [-0.25, -0.2) is 29.9 Å². The molecule has 28 nitrogen and oxygen atoms in total. The van der Waals surface area contributed by atoms with Crippen LogP contribution in [0.15, 0.2) is 164 Å². The number of hydrogen-bond donors (Lipinski definition) is 6. The van der Waals surface area contributed by atoms with Gasteiger partial charge in [-0.2, -0.15) is 34.2 Å². The summed E-state index contributed by atoms with van der Waals surface area (Å²) in [5.74, 6) is 1.22. The summed E-state index contributed by atoms with van der Waals surface area (Å²) < 4.78 is 53.4. The van der Waals surface area contributed by atoms with Gasteiger partial charge in [0, 0.05) is 154 Å². The average molecular weight is 1520 g/mol. The standard InChI is InChI=1S/C27H26F3N7O2.C27H26N8O2.C27H29N7O2/c28-27(29,30)14-25(38)34-23-6-1-18(13-19(23)15-31)26-32-8-7-24(35-26)33-20-2-4-21(5-3-20)36-9-11-37(12-10-36)22-16-39-17-22;28-9-7-26(36)32-24-6-1-19(15-20(24)16-29)27-30-10-8-25(33-27)31-21-2-4-22(5-3-21)34-11-13-35(14-12-34)23-17-37-18-23;1-2-26(35)31-24-8-3-19(15-20(24)16-28)27-29-10-9-25(32-27)30-21-4-6-22(7-5-21)33-11-13-34(14-12-33)23-17-36-18-23/h1-8,13,22H,9-12,14,16-17H2,(H,34,38)(H,32,33,35);1-6,8,10,15,23H,7,11-14,17-18H2,(H,32,36)(H,30,31,33);3-10,15,23H,2,11-14,17-18H2,1H3,(H,31,35)(H,29,30,32). The van der Waals surface area contributed by atoms with Gasteiger partial charge in [-0.05, 0) is 146 Å². The Morgan fingerprint density at radius 1 is 0.420 bits per heavy atom. The molecular weight excluding hydrogens is 1430 g/mol. The molecule has 9 aromatic rings. The van der Waals surface area contributed by atoms with Crippen molar-refractivity contribution >= 4 is 86.4 Å². The van der Waals surface area contributed by atoms with Gasteiger partial charge in [0.25, 0.3) is 0 Å². The van der Waals surface area contributed by atoms with Crippen molar-refractivity contribution in [2.24, 2.45) is 0 Å². The number of piperazine rings is 3. The number of ether oxygens (including phenoxy) is 3. The summed E-state index contributed by atoms with van der Waals surface area (Å²) in [6.45, 7) is 19.1. The van der Waals surface area contributed by atoms with Crippen molar-refractivity contribution in [2.75, 3.05) is 165 Å². The molecule has 112 heavy (non-hydrogen) atoms. The van der Waals surface area contributed by atoms with Crippen LogP contribution in [0, 0.1) is 45.3 Å². The number of alkyl halides is 3. The van der Waals surface area contributed by atoms with Crippen molar-refractivity contribution in [3.63, 3.8) is 0 Å². The Morgan fingerprint density at radius 3 is 0.991 bits per heavy atom. The predicted molar refractivity (Wildman–Crippen MR) is 418 cm³/mol. The molecule has 6 aliphatic heterocycles. The van der Waals surface area contributed by atoms with Crippen LogP contribution in [-0.2, 0) is 28.6 Å². The average Bonchev–Trinajstić information content (AvgIpc) is 0.832. The summed E-state index contributed by atoms with van der Waals surface area (Å²) in [4.78, 5) is 76.5. The fraction of sp³-hybridized carbons (Fsp3) is 0.321. The molecule has 3 amide bonds. The van der Waals surface area contributed by atoms with Crippen LogP contribution in [0.2, 0.25) is 0 Å². The highest BCUT2D eigenvalue weighted by Gasteiger charge is 2.34. The first-order valence-electron chi connectivity index (χ1n) is 36.8. The Bertz CT molecular complexity index is 4960. The second-order valence-corrected chi connectivity index (χ2v) is 27.2. The Morgan fingerprint density at radius 2 is 0.723 bits per heavy atom. The first-order valence-corrected chi connectivity index (χ1v) is 36.8. The van der Waals surface area contributed by atoms with Gasteiger partial charge in [0.15, 0.2) is 17.5 Å². The number of halogens is 3. The van der Waals surface area contributed by atoms with E-state index < -0.39 is 24.4 Å². The van der Waals surface area contributed by atoms with E-state index in [0.717, 1.165) is 141 Å². The Labute approximate surface area is 645 Å². The maximum atomic E-state index is 12.5. The van der Waals surface area contributed by atoms with E-state index >= 15 is 0 Å². The molecule has 0 saturated carbocycles. The number of nitrogens with zero attached hydrogens (tertiary/aromatic N) is 16. The third kappa shape index (κ3) is 20.4. The number of carbonyl (C=O) groups is 3. The van der Waals surface area contributed by atoms with E-state index in [1.54, 1.807) is 80.1 Å². The first-order chi connectivity index (χ1) is 54.5. The van der Waals surface area contributed by atoms with E-state index in [0.29, 0.717) is 93.1 Å². The molecule has 0 unspecified atom stereocenters. The van der Waals surface area contributed by atoms with Gasteiger partial charge in [-0.15, -0.1) is 0 Å². The van der Waals surface area contributed by atoms with E-state index in [2.05, 4.69) is 152 Å². The van der Waals surface area contributed by atoms with Crippen LogP contribution >= 0.6 is 0 Å². The van der Waals surface area contributed by atoms with Gasteiger partial charge in [0.05, 0.1) is 97.6 Å². The van der Waals surface area contributed by atoms with Crippen LogP contribution in [0.5, 0.6) is 0 Å². The molecule has 15 rings (SSSR count). The minimum absolute atomic E-state index is 0.00225. The zero-order valence-corrected chi connectivity index (χ0v) is 61.4. The van der Waals surface area contributed by atoms with E-state index in [-0.39, 0.29) is 29.1 Å². The van der Waals surface area contributed by atoms with E-state index in [1.807, 2.05) is 36.4 Å². The molecular formula is C81H81F3N22O6. The monoisotopic (exact) mass is 1510 g/mol. The van der Waals surface area contributed by atoms with Crippen molar-refractivity contribution in [2.45, 2.75) is 50.5 Å². The van der Waals surface area contributed by atoms with Crippen molar-refractivity contribution in [1.82, 2.24) is 44.6 Å². The van der Waals surface area contributed by atoms with Crippen LogP contribution in [0.3, 0.4) is 0 Å². The number of benzene rings is 6. The van der Waals surface area contributed by atoms with Gasteiger partial charge in [0.2, 0.25) is 17.7 Å². The maximum absolute atomic E-state index is 12.5. The van der Waals surface area contributed by atoms with Crippen LogP contribution in [0.4, 0.5) is 81.8 Å². The van der Waals surface area contributed by atoms with Crippen molar-refractivity contribution in [1.29, 1.82) is 21.0 Å². The Kier molecular flexibility index (Phi) is 25.3. The number of carbonyl (C=O) groups excluding carboxylic acids is 3. The number of amides is 3. The van der Waals surface area contributed by atoms with Gasteiger partial charge < -0.3 is 60.8 Å². The lowest BCUT2D eigenvalue weighted by Gasteiger charge is -2.43. The molecule has 572 valence electrons. The summed E-state index contributed by atoms with van der Waals surface area (Å²) in [6, 6.07) is 54.2. The summed E-state index contributed by atoms with van der Waals surface area (Å²) >= 11 is 0. The zero-order valence-electron chi connectivity index (χ0n) is 61.4. The number of rotatable bonds is 21. The third-order valence-corrected chi connectivity index (χ3v) is 19.8. The topological polar surface area (TPSA) is 343 Å². The molecule has 6 fully saturated rings. The number of nitriles is 4. The predicted octanol–water partition coefficient (Wildman–Crippen LogP) is 10.9. The molecule has 6 N–H and O–H groups in total. The van der Waals surface area contributed by atoms with Crippen molar-refractivity contribution in [3.8, 4) is 58.4 Å². The number of nitrogens with one attached hydrogen (secondary N) is 6. The summed E-state index contributed by atoms with van der Waals surface area (Å²) in [5.41, 5.74) is 9.53. The minimum Gasteiger partial charge on any atom is -0.378 e. The highest BCUT2D eigenvalue weighted by Crippen LogP contribution is 2.32. The van der Waals surface area contributed by atoms with Crippen LogP contribution in [-0.4, -0.2) is 205 Å². The molecule has 3 aromatic heterocycles. The van der Waals surface area contributed by atoms with Crippen molar-refractivity contribution in [3.05, 3.63) is 181 Å². The third-order valence-electron chi connectivity index (χ3n) is 19.8. The molecule has 31 heteroatoms. The molecule has 6 saturated heterocycles. The van der Waals surface area contributed by atoms with Gasteiger partial charge >= 0.3 is 6.18 Å². The van der Waals surface area contributed by atoms with Crippen LogP contribution in [0.25, 0.3) is 34.2 Å². The van der Waals surface area contributed by atoms with Crippen LogP contribution < -0.4 is 46.6 Å². The van der Waals surface area contributed by atoms with E-state index in [9.17, 15) is 43.3 Å². The number of hydrogen-bond acceptors (Lipinski definition) is 25. The largest absolute Gasteiger partial charge is 0.397 e. The van der Waals surface area contributed by atoms with Gasteiger partial charge in [-0.3, -0.25) is 29.1 Å². The Hall–Kier alpha value is -12.7. The Balaban J connectivity index is 0.000000147. The second kappa shape index (κ2) is 36.7. The number of aromatic nitrogens is 6. The molecule has 0 spiro atoms. The highest BCUT2D eigenvalue weighted by atomic mass is 19.4. The first kappa shape index (κ1) is 77.4. The summed E-state index contributed by atoms with van der Waals surface area (Å²) in [6.07, 6.45) is -1.31. The quantitative estimate of drug-likeness (QED) is 0.0389. The lowest BCUT2D eigenvalue weighted by atomic mass is 10.1. The minimum atomic E-state index is -4.64. The molecule has 6 aliphatic rings. The van der Waals surface area contributed by atoms with E-state index in [1.165, 1.54) is 29.6 Å². The smallest absolute Gasteiger partial charge is 0.378 e. The SMILES string of the molecule is CCC(=O)Nc1ccc(-c2nccc(Nc3ccc(N4CCN(C5COC5)CC4)cc3)n2)cc1C#N.N#CCC(=O)Nc1ccc(-c2nccc(Nc3ccc(N4CCN(C5COC5)CC4)cc3)n2)cc1C#N.N#Cc1cc(-c2nccc(Nc3ccc(N4CCN(C5COC5)CC4)cc3)n2)ccc1NC(=O)CC(F)(F)F. The highest BCUT2D eigenvalue weighted by molar-refractivity contribution is 5.95. The molecule has 0 bridgehead atoms. The molecule has 9 heterocycles. The molecule has 0 aliphatic carbocycles. The fourth-order valence-corrected chi connectivity index (χ4v) is 13.3. The lowest BCUT2D eigenvalue weighted by molar-refractivity contribution is -0.150. The second-order valence-electron chi connectivity index (χ2n) is 27.2. The van der Waals surface area contributed by atoms with Gasteiger partial charge in [-0.1, -0.05) is 6.92 Å². The van der Waals surface area contributed by atoms with Gasteiger partial charge in [0.1, 0.15) is 48.5 Å². The summed E-state index contributed by atoms with van der Waals surface area (Å²) in [5, 5.41) is 54.5. The normalized spacial score (nSPS) is 16.1. The maximum Gasteiger partial charge on any atom is 0.397 e. The molecule has 6 aromatic carbocycles. The molecule has 0 atom stereocenters.